The van der Waals surface area contributed by atoms with Crippen molar-refractivity contribution in [3.05, 3.63) is 66.7 Å². The summed E-state index contributed by atoms with van der Waals surface area (Å²) in [5, 5.41) is 2.47. The number of benzene rings is 3. The third-order valence-electron chi connectivity index (χ3n) is 4.48. The largest absolute Gasteiger partial charge is 0.497 e. The van der Waals surface area contributed by atoms with E-state index in [1.54, 1.807) is 14.2 Å². The number of hydrogen-bond acceptors (Lipinski definition) is 3. The van der Waals surface area contributed by atoms with Gasteiger partial charge < -0.3 is 14.0 Å². The molecule has 0 saturated carbocycles. The van der Waals surface area contributed by atoms with Crippen molar-refractivity contribution in [2.75, 3.05) is 14.2 Å². The van der Waals surface area contributed by atoms with Crippen LogP contribution >= 0.6 is 7.14 Å². The Morgan fingerprint density at radius 2 is 1.50 bits per heavy atom. The van der Waals surface area contributed by atoms with Gasteiger partial charge in [0.05, 0.1) is 14.2 Å². The minimum absolute atomic E-state index is 0.648. The highest BCUT2D eigenvalue weighted by atomic mass is 31.2. The second kappa shape index (κ2) is 5.54. The van der Waals surface area contributed by atoms with E-state index in [-0.39, 0.29) is 0 Å². The molecule has 0 fully saturated rings. The molecule has 4 heteroatoms. The van der Waals surface area contributed by atoms with Crippen molar-refractivity contribution >= 4 is 23.1 Å². The molecule has 0 radical (unpaired) electrons. The molecule has 3 aromatic carbocycles. The third-order valence-corrected chi connectivity index (χ3v) is 7.61. The summed E-state index contributed by atoms with van der Waals surface area (Å²) in [7, 11) is 0.294. The molecule has 24 heavy (non-hydrogen) atoms. The molecule has 1 aliphatic heterocycles. The highest BCUT2D eigenvalue weighted by Gasteiger charge is 2.42. The van der Waals surface area contributed by atoms with Crippen molar-refractivity contribution in [2.24, 2.45) is 0 Å². The van der Waals surface area contributed by atoms with Gasteiger partial charge in [-0.25, -0.2) is 0 Å². The van der Waals surface area contributed by atoms with Crippen LogP contribution in [-0.4, -0.2) is 14.2 Å². The lowest BCUT2D eigenvalue weighted by Gasteiger charge is -2.17. The van der Waals surface area contributed by atoms with Gasteiger partial charge in [-0.05, 0) is 11.6 Å². The smallest absolute Gasteiger partial charge is 0.172 e. The van der Waals surface area contributed by atoms with E-state index >= 15 is 0 Å². The Kier molecular flexibility index (Phi) is 3.47. The van der Waals surface area contributed by atoms with Gasteiger partial charge in [0.1, 0.15) is 11.5 Å². The Morgan fingerprint density at radius 1 is 0.792 bits per heavy atom. The van der Waals surface area contributed by atoms with Gasteiger partial charge in [0.2, 0.25) is 0 Å². The van der Waals surface area contributed by atoms with Crippen molar-refractivity contribution in [3.8, 4) is 22.6 Å². The lowest BCUT2D eigenvalue weighted by Crippen LogP contribution is -2.20. The van der Waals surface area contributed by atoms with Gasteiger partial charge in [-0.15, -0.1) is 0 Å². The average Bonchev–Trinajstić information content (AvgIpc) is 2.92. The first kappa shape index (κ1) is 15.0. The predicted octanol–water partition coefficient (Wildman–Crippen LogP) is 3.32. The zero-order valence-electron chi connectivity index (χ0n) is 13.5. The van der Waals surface area contributed by atoms with Gasteiger partial charge in [-0.1, -0.05) is 54.6 Å². The van der Waals surface area contributed by atoms with Crippen LogP contribution in [0.2, 0.25) is 0 Å². The molecule has 0 N–H and O–H groups in total. The van der Waals surface area contributed by atoms with Crippen molar-refractivity contribution in [2.45, 2.75) is 0 Å². The predicted molar refractivity (Wildman–Crippen MR) is 97.9 cm³/mol. The average molecular weight is 336 g/mol. The van der Waals surface area contributed by atoms with Crippen LogP contribution in [0.4, 0.5) is 0 Å². The molecular weight excluding hydrogens is 319 g/mol. The second-order valence-corrected chi connectivity index (χ2v) is 8.38. The van der Waals surface area contributed by atoms with Crippen LogP contribution in [0.3, 0.4) is 0 Å². The van der Waals surface area contributed by atoms with Crippen molar-refractivity contribution in [1.82, 2.24) is 0 Å². The minimum Gasteiger partial charge on any atom is -0.497 e. The summed E-state index contributed by atoms with van der Waals surface area (Å²) < 4.78 is 25.3. The lowest BCUT2D eigenvalue weighted by atomic mass is 10.0. The van der Waals surface area contributed by atoms with Crippen LogP contribution in [0.15, 0.2) is 66.7 Å². The summed E-state index contributed by atoms with van der Waals surface area (Å²) >= 11 is 0. The Hall–Kier alpha value is -2.51. The van der Waals surface area contributed by atoms with Crippen LogP contribution < -0.4 is 25.4 Å². The molecule has 0 aromatic heterocycles. The molecule has 4 rings (SSSR count). The molecule has 0 aliphatic carbocycles. The first-order chi connectivity index (χ1) is 11.7. The van der Waals surface area contributed by atoms with Crippen LogP contribution in [0.5, 0.6) is 11.5 Å². The van der Waals surface area contributed by atoms with Crippen LogP contribution in [0.25, 0.3) is 11.1 Å². The van der Waals surface area contributed by atoms with Crippen LogP contribution in [0, 0.1) is 0 Å². The lowest BCUT2D eigenvalue weighted by molar-refractivity contribution is 0.396. The van der Waals surface area contributed by atoms with E-state index in [2.05, 4.69) is 0 Å². The van der Waals surface area contributed by atoms with Crippen LogP contribution in [-0.2, 0) is 4.57 Å². The second-order valence-electron chi connectivity index (χ2n) is 5.69. The number of rotatable bonds is 3. The Balaban J connectivity index is 2.14. The van der Waals surface area contributed by atoms with Gasteiger partial charge in [0.15, 0.2) is 7.14 Å². The standard InChI is InChI=1S/C20H17O3P/c1-22-14-12-17(23-2)20-16-10-6-7-11-18(16)24(21,19(20)13-14)15-8-4-3-5-9-15/h3-13H,1-2H3. The monoisotopic (exact) mass is 336 g/mol. The summed E-state index contributed by atoms with van der Waals surface area (Å²) in [6, 6.07) is 21.2. The Bertz CT molecular complexity index is 964. The zero-order valence-corrected chi connectivity index (χ0v) is 14.4. The maximum absolute atomic E-state index is 14.3. The van der Waals surface area contributed by atoms with Crippen molar-refractivity contribution in [1.29, 1.82) is 0 Å². The summed E-state index contributed by atoms with van der Waals surface area (Å²) in [5.41, 5.74) is 1.88. The molecule has 0 bridgehead atoms. The molecule has 3 aromatic rings. The first-order valence-corrected chi connectivity index (χ1v) is 9.43. The SMILES string of the molecule is COc1cc(OC)c2c(c1)P(=O)(c1ccccc1)c1ccccc1-2. The molecule has 0 saturated heterocycles. The van der Waals surface area contributed by atoms with Gasteiger partial charge in [0.25, 0.3) is 0 Å². The van der Waals surface area contributed by atoms with E-state index < -0.39 is 7.14 Å². The Morgan fingerprint density at radius 3 is 2.21 bits per heavy atom. The molecule has 120 valence electrons. The Labute approximate surface area is 141 Å². The number of methoxy groups -OCH3 is 2. The molecule has 1 unspecified atom stereocenters. The summed E-state index contributed by atoms with van der Waals surface area (Å²) in [5.74, 6) is 1.33. The number of hydrogen-bond donors (Lipinski definition) is 0. The van der Waals surface area contributed by atoms with Gasteiger partial charge in [-0.3, -0.25) is 0 Å². The van der Waals surface area contributed by atoms with Gasteiger partial charge >= 0.3 is 0 Å². The molecular formula is C20H17O3P. The van der Waals surface area contributed by atoms with E-state index in [0.29, 0.717) is 11.5 Å². The number of fused-ring (bicyclic) bond motifs is 3. The fraction of sp³-hybridized carbons (Fsp3) is 0.100. The first-order valence-electron chi connectivity index (χ1n) is 7.72. The molecule has 0 spiro atoms. The van der Waals surface area contributed by atoms with E-state index in [1.165, 1.54) is 0 Å². The van der Waals surface area contributed by atoms with Crippen LogP contribution in [0.1, 0.15) is 0 Å². The van der Waals surface area contributed by atoms with E-state index in [4.69, 9.17) is 9.47 Å². The maximum atomic E-state index is 14.3. The van der Waals surface area contributed by atoms with Gasteiger partial charge in [0, 0.05) is 27.5 Å². The van der Waals surface area contributed by atoms with Crippen molar-refractivity contribution in [3.63, 3.8) is 0 Å². The summed E-state index contributed by atoms with van der Waals surface area (Å²) in [4.78, 5) is 0. The topological polar surface area (TPSA) is 35.5 Å². The third kappa shape index (κ3) is 1.95. The number of ether oxygens (including phenoxy) is 2. The molecule has 1 atom stereocenters. The summed E-state index contributed by atoms with van der Waals surface area (Å²) in [6.45, 7) is 0. The van der Waals surface area contributed by atoms with Crippen molar-refractivity contribution < 1.29 is 14.0 Å². The highest BCUT2D eigenvalue weighted by molar-refractivity contribution is 7.86. The molecule has 1 heterocycles. The minimum atomic E-state index is -2.94. The molecule has 0 amide bonds. The highest BCUT2D eigenvalue weighted by Crippen LogP contribution is 2.55. The van der Waals surface area contributed by atoms with E-state index in [1.807, 2.05) is 66.7 Å². The zero-order chi connectivity index (χ0) is 16.7. The molecule has 3 nitrogen and oxygen atoms in total. The quantitative estimate of drug-likeness (QED) is 0.539. The fourth-order valence-electron chi connectivity index (χ4n) is 3.38. The normalized spacial score (nSPS) is 17.9. The maximum Gasteiger partial charge on any atom is 0.172 e. The van der Waals surface area contributed by atoms with Gasteiger partial charge in [-0.2, -0.15) is 0 Å². The van der Waals surface area contributed by atoms with E-state index in [0.717, 1.165) is 27.0 Å². The fourth-order valence-corrected chi connectivity index (χ4v) is 6.46. The summed E-state index contributed by atoms with van der Waals surface area (Å²) in [6.07, 6.45) is 0. The van der Waals surface area contributed by atoms with E-state index in [9.17, 15) is 4.57 Å². The molecule has 1 aliphatic rings.